The summed E-state index contributed by atoms with van der Waals surface area (Å²) in [5.41, 5.74) is 2.90. The maximum atomic E-state index is 6.12. The molecule has 0 saturated carbocycles. The van der Waals surface area contributed by atoms with E-state index in [9.17, 15) is 0 Å². The predicted molar refractivity (Wildman–Crippen MR) is 121 cm³/mol. The Morgan fingerprint density at radius 1 is 0.900 bits per heavy atom. The Balaban J connectivity index is 1.43. The molecule has 0 aliphatic rings. The van der Waals surface area contributed by atoms with Crippen LogP contribution in [0.15, 0.2) is 72.4 Å². The lowest BCUT2D eigenvalue weighted by atomic mass is 10.2. The van der Waals surface area contributed by atoms with Crippen molar-refractivity contribution in [1.29, 1.82) is 0 Å². The number of hydrogen-bond acceptors (Lipinski definition) is 3. The lowest BCUT2D eigenvalue weighted by molar-refractivity contribution is -0.726. The zero-order chi connectivity index (χ0) is 21.3. The molecule has 2 heterocycles. The van der Waals surface area contributed by atoms with Crippen LogP contribution in [-0.4, -0.2) is 20.3 Å². The van der Waals surface area contributed by atoms with Gasteiger partial charge in [-0.05, 0) is 12.1 Å². The molecule has 5 nitrogen and oxygen atoms in total. The second-order valence-electron chi connectivity index (χ2n) is 7.12. The van der Waals surface area contributed by atoms with E-state index in [1.807, 2.05) is 38.6 Å². The molecule has 0 atom stereocenters. The first-order valence-electron chi connectivity index (χ1n) is 9.76. The fourth-order valence-corrected chi connectivity index (χ4v) is 3.41. The van der Waals surface area contributed by atoms with E-state index in [0.717, 1.165) is 30.6 Å². The third kappa shape index (κ3) is 6.44. The number of halogens is 2. The third-order valence-electron chi connectivity index (χ3n) is 4.69. The summed E-state index contributed by atoms with van der Waals surface area (Å²) in [5, 5.41) is 5.16. The standard InChI is InChI=1S/C23H26Cl2N4O/c1-27(2)20-9-15-29(16-10-20)12-4-11-28-13-7-19(8-14-28)17-26-30-18-21-22(24)5-3-6-23(21)25/h3,5-10,13-17H,4,11-12,18H2,1-2H3/q+2/b26-17-. The molecule has 156 valence electrons. The molecule has 0 radical (unpaired) electrons. The van der Waals surface area contributed by atoms with Crippen LogP contribution in [0.2, 0.25) is 10.0 Å². The molecule has 3 rings (SSSR count). The summed E-state index contributed by atoms with van der Waals surface area (Å²) in [6, 6.07) is 13.6. The van der Waals surface area contributed by atoms with E-state index in [1.165, 1.54) is 5.69 Å². The Morgan fingerprint density at radius 2 is 1.47 bits per heavy atom. The van der Waals surface area contributed by atoms with Crippen molar-refractivity contribution >= 4 is 35.1 Å². The van der Waals surface area contributed by atoms with Crippen molar-refractivity contribution in [2.75, 3.05) is 19.0 Å². The molecule has 1 aromatic carbocycles. The molecule has 3 aromatic rings. The van der Waals surface area contributed by atoms with E-state index in [4.69, 9.17) is 28.0 Å². The largest absolute Gasteiger partial charge is 0.391 e. The number of benzene rings is 1. The van der Waals surface area contributed by atoms with Gasteiger partial charge in [-0.2, -0.15) is 0 Å². The normalized spacial score (nSPS) is 11.1. The Kier molecular flexibility index (Phi) is 8.05. The van der Waals surface area contributed by atoms with E-state index in [1.54, 1.807) is 24.4 Å². The van der Waals surface area contributed by atoms with Gasteiger partial charge in [0.15, 0.2) is 37.9 Å². The Labute approximate surface area is 187 Å². The lowest BCUT2D eigenvalue weighted by Crippen LogP contribution is -2.38. The molecule has 30 heavy (non-hydrogen) atoms. The molecule has 0 N–H and O–H groups in total. The van der Waals surface area contributed by atoms with E-state index in [-0.39, 0.29) is 6.61 Å². The van der Waals surface area contributed by atoms with Gasteiger partial charge in [-0.25, -0.2) is 9.13 Å². The molecule has 7 heteroatoms. The van der Waals surface area contributed by atoms with Crippen LogP contribution in [0.25, 0.3) is 0 Å². The second kappa shape index (κ2) is 11.0. The van der Waals surface area contributed by atoms with Crippen molar-refractivity contribution in [1.82, 2.24) is 0 Å². The zero-order valence-corrected chi connectivity index (χ0v) is 18.7. The van der Waals surface area contributed by atoms with Gasteiger partial charge in [-0.3, -0.25) is 0 Å². The zero-order valence-electron chi connectivity index (χ0n) is 17.2. The highest BCUT2D eigenvalue weighted by Crippen LogP contribution is 2.24. The topological polar surface area (TPSA) is 32.6 Å². The fraction of sp³-hybridized carbons (Fsp3) is 0.261. The maximum absolute atomic E-state index is 6.12. The number of pyridine rings is 2. The molecule has 0 unspecified atom stereocenters. The Hall–Kier alpha value is -2.63. The molecule has 0 saturated heterocycles. The predicted octanol–water partition coefficient (Wildman–Crippen LogP) is 4.28. The Morgan fingerprint density at radius 3 is 2.03 bits per heavy atom. The maximum Gasteiger partial charge on any atom is 0.170 e. The monoisotopic (exact) mass is 444 g/mol. The van der Waals surface area contributed by atoms with Crippen LogP contribution in [0.5, 0.6) is 0 Å². The van der Waals surface area contributed by atoms with Crippen molar-refractivity contribution in [2.45, 2.75) is 26.1 Å². The SMILES string of the molecule is CN(C)c1cc[n+](CCC[n+]2ccc(/C=N\OCc3c(Cl)cccc3Cl)cc2)cc1. The fourth-order valence-electron chi connectivity index (χ4n) is 2.91. The van der Waals surface area contributed by atoms with Gasteiger partial charge in [0.1, 0.15) is 6.61 Å². The van der Waals surface area contributed by atoms with Gasteiger partial charge in [-0.1, -0.05) is 34.4 Å². The van der Waals surface area contributed by atoms with Gasteiger partial charge < -0.3 is 9.74 Å². The van der Waals surface area contributed by atoms with Crippen LogP contribution >= 0.6 is 23.2 Å². The molecular weight excluding hydrogens is 419 g/mol. The number of aryl methyl sites for hydroxylation is 2. The van der Waals surface area contributed by atoms with Crippen LogP contribution in [-0.2, 0) is 24.5 Å². The average Bonchev–Trinajstić information content (AvgIpc) is 2.74. The molecular formula is C23H26Cl2N4O+2. The van der Waals surface area contributed by atoms with Crippen molar-refractivity contribution < 1.29 is 14.0 Å². The highest BCUT2D eigenvalue weighted by Gasteiger charge is 2.07. The Bertz CT molecular complexity index is 953. The number of oxime groups is 1. The third-order valence-corrected chi connectivity index (χ3v) is 5.39. The van der Waals surface area contributed by atoms with E-state index < -0.39 is 0 Å². The van der Waals surface area contributed by atoms with Crippen molar-refractivity contribution in [3.63, 3.8) is 0 Å². The van der Waals surface area contributed by atoms with Crippen LogP contribution in [0.1, 0.15) is 17.5 Å². The van der Waals surface area contributed by atoms with Crippen LogP contribution in [0.3, 0.4) is 0 Å². The number of anilines is 1. The molecule has 0 aliphatic carbocycles. The molecule has 2 aromatic heterocycles. The number of rotatable bonds is 9. The average molecular weight is 445 g/mol. The minimum Gasteiger partial charge on any atom is -0.391 e. The molecule has 0 spiro atoms. The quantitative estimate of drug-likeness (QED) is 0.280. The summed E-state index contributed by atoms with van der Waals surface area (Å²) in [7, 11) is 4.09. The summed E-state index contributed by atoms with van der Waals surface area (Å²) in [6.07, 6.45) is 11.1. The number of nitrogens with zero attached hydrogens (tertiary/aromatic N) is 4. The molecule has 0 aliphatic heterocycles. The smallest absolute Gasteiger partial charge is 0.170 e. The van der Waals surface area contributed by atoms with E-state index in [2.05, 4.69) is 43.7 Å². The summed E-state index contributed by atoms with van der Waals surface area (Å²) in [4.78, 5) is 7.44. The first-order chi connectivity index (χ1) is 14.5. The van der Waals surface area contributed by atoms with Gasteiger partial charge >= 0.3 is 0 Å². The van der Waals surface area contributed by atoms with Crippen molar-refractivity contribution in [2.24, 2.45) is 5.16 Å². The highest BCUT2D eigenvalue weighted by molar-refractivity contribution is 6.35. The van der Waals surface area contributed by atoms with Gasteiger partial charge in [0.25, 0.3) is 0 Å². The van der Waals surface area contributed by atoms with E-state index >= 15 is 0 Å². The van der Waals surface area contributed by atoms with Gasteiger partial charge in [-0.15, -0.1) is 0 Å². The van der Waals surface area contributed by atoms with Gasteiger partial charge in [0.2, 0.25) is 0 Å². The van der Waals surface area contributed by atoms with Gasteiger partial charge in [0, 0.05) is 65.2 Å². The van der Waals surface area contributed by atoms with Crippen LogP contribution in [0, 0.1) is 0 Å². The lowest BCUT2D eigenvalue weighted by Gasteiger charge is -2.10. The first kappa shape index (κ1) is 22.1. The molecule has 0 fully saturated rings. The van der Waals surface area contributed by atoms with Crippen molar-refractivity contribution in [3.8, 4) is 0 Å². The molecule has 0 bridgehead atoms. The summed E-state index contributed by atoms with van der Waals surface area (Å²) < 4.78 is 4.37. The molecule has 0 amide bonds. The summed E-state index contributed by atoms with van der Waals surface area (Å²) >= 11 is 12.2. The van der Waals surface area contributed by atoms with Crippen molar-refractivity contribution in [3.05, 3.63) is 88.4 Å². The van der Waals surface area contributed by atoms with Gasteiger partial charge in [0.05, 0.1) is 12.6 Å². The van der Waals surface area contributed by atoms with E-state index in [0.29, 0.717) is 10.0 Å². The second-order valence-corrected chi connectivity index (χ2v) is 7.93. The summed E-state index contributed by atoms with van der Waals surface area (Å²) in [5.74, 6) is 0. The number of aromatic nitrogens is 2. The number of hydrogen-bond donors (Lipinski definition) is 0. The first-order valence-corrected chi connectivity index (χ1v) is 10.5. The highest BCUT2D eigenvalue weighted by atomic mass is 35.5. The van der Waals surface area contributed by atoms with Crippen LogP contribution in [0.4, 0.5) is 5.69 Å². The minimum absolute atomic E-state index is 0.231. The van der Waals surface area contributed by atoms with Crippen LogP contribution < -0.4 is 14.0 Å². The minimum atomic E-state index is 0.231. The summed E-state index contributed by atoms with van der Waals surface area (Å²) in [6.45, 7) is 2.15.